The Morgan fingerprint density at radius 2 is 1.70 bits per heavy atom. The van der Waals surface area contributed by atoms with Crippen LogP contribution in [0.5, 0.6) is 28.7 Å². The maximum Gasteiger partial charge on any atom is 0.310 e. The molecule has 0 bridgehead atoms. The maximum atomic E-state index is 13.2. The largest absolute Gasteiger partial charge is 0.502 e. The number of ether oxygens (including phenoxy) is 5. The summed E-state index contributed by atoms with van der Waals surface area (Å²) < 4.78 is 27.8. The number of carbonyl (C=O) groups is 2. The highest BCUT2D eigenvalue weighted by molar-refractivity contribution is 5.81. The van der Waals surface area contributed by atoms with Crippen molar-refractivity contribution in [1.29, 1.82) is 0 Å². The molecule has 2 heterocycles. The van der Waals surface area contributed by atoms with Crippen LogP contribution in [0.25, 0.3) is 0 Å². The number of hydrogen-bond donors (Lipinski definition) is 4. The molecule has 1 unspecified atom stereocenters. The number of hydrogen-bond acceptors (Lipinski definition) is 10. The fourth-order valence-corrected chi connectivity index (χ4v) is 5.98. The predicted molar refractivity (Wildman–Crippen MR) is 145 cm³/mol. The number of rotatable bonds is 12. The van der Waals surface area contributed by atoms with Gasteiger partial charge < -0.3 is 45.2 Å². The van der Waals surface area contributed by atoms with Crippen molar-refractivity contribution in [1.82, 2.24) is 10.6 Å². The number of benzene rings is 2. The summed E-state index contributed by atoms with van der Waals surface area (Å²) in [7, 11) is 2.91. The molecule has 40 heavy (non-hydrogen) atoms. The van der Waals surface area contributed by atoms with Gasteiger partial charge in [0.05, 0.1) is 32.8 Å². The Balaban J connectivity index is 1.47. The Bertz CT molecular complexity index is 1230. The minimum atomic E-state index is -0.585. The Hall–Kier alpha value is -3.70. The van der Waals surface area contributed by atoms with E-state index in [0.29, 0.717) is 36.6 Å². The van der Waals surface area contributed by atoms with Gasteiger partial charge in [0.15, 0.2) is 23.0 Å². The van der Waals surface area contributed by atoms with Gasteiger partial charge in [-0.1, -0.05) is 6.42 Å². The zero-order valence-corrected chi connectivity index (χ0v) is 22.9. The minimum absolute atomic E-state index is 0.0899. The smallest absolute Gasteiger partial charge is 0.310 e. The summed E-state index contributed by atoms with van der Waals surface area (Å²) in [5.74, 6) is -0.348. The topological polar surface area (TPSA) is 151 Å². The molecule has 5 rings (SSSR count). The van der Waals surface area contributed by atoms with Crippen LogP contribution in [-0.2, 0) is 14.3 Å². The van der Waals surface area contributed by atoms with Crippen molar-refractivity contribution in [2.24, 2.45) is 17.6 Å². The molecule has 2 aromatic rings. The molecule has 2 aromatic carbocycles. The lowest BCUT2D eigenvalue weighted by Crippen LogP contribution is -2.43. The number of unbranched alkanes of at least 4 members (excludes halogenated alkanes) is 2. The van der Waals surface area contributed by atoms with Gasteiger partial charge in [0.2, 0.25) is 18.4 Å². The van der Waals surface area contributed by atoms with Crippen LogP contribution in [0.15, 0.2) is 24.3 Å². The monoisotopic (exact) mass is 555 g/mol. The van der Waals surface area contributed by atoms with Crippen LogP contribution in [-0.4, -0.2) is 64.2 Å². The standard InChI is InChI=1S/C29H37N3O8/c1-36-22-10-16(11-23(37-2)28(22)34)25-17-12-20-21(40-15-39-20)13-18(17)27(19-14-38-29(35)26(19)25)32-24(33)6-9-31-8-5-3-4-7-30/h10-13,19,25-27,31,34H,3-9,14-15,30H2,1-2H3,(H,32,33)/t19-,25?,26-,27+/m0/s1. The summed E-state index contributed by atoms with van der Waals surface area (Å²) in [5, 5.41) is 17.0. The van der Waals surface area contributed by atoms with Gasteiger partial charge in [0.1, 0.15) is 0 Å². The number of esters is 1. The molecule has 0 saturated carbocycles. The van der Waals surface area contributed by atoms with Gasteiger partial charge in [-0.25, -0.2) is 0 Å². The van der Waals surface area contributed by atoms with E-state index in [2.05, 4.69) is 10.6 Å². The quantitative estimate of drug-likeness (QED) is 0.227. The van der Waals surface area contributed by atoms with E-state index in [1.165, 1.54) is 14.2 Å². The summed E-state index contributed by atoms with van der Waals surface area (Å²) in [4.78, 5) is 26.3. The molecule has 216 valence electrons. The van der Waals surface area contributed by atoms with Crippen molar-refractivity contribution in [2.75, 3.05) is 47.3 Å². The molecule has 1 amide bonds. The molecule has 5 N–H and O–H groups in total. The van der Waals surface area contributed by atoms with Gasteiger partial charge in [0, 0.05) is 24.8 Å². The third-order valence-corrected chi connectivity index (χ3v) is 7.95. The number of carbonyl (C=O) groups excluding carboxylic acids is 2. The lowest BCUT2D eigenvalue weighted by atomic mass is 9.65. The fraction of sp³-hybridized carbons (Fsp3) is 0.517. The number of phenolic OH excluding ortho intramolecular Hbond substituents is 1. The van der Waals surface area contributed by atoms with Gasteiger partial charge in [0.25, 0.3) is 0 Å². The number of phenols is 1. The van der Waals surface area contributed by atoms with Gasteiger partial charge in [-0.05, 0) is 66.9 Å². The second kappa shape index (κ2) is 12.2. The number of cyclic esters (lactones) is 1. The molecule has 2 aliphatic heterocycles. The van der Waals surface area contributed by atoms with Gasteiger partial charge in [-0.15, -0.1) is 0 Å². The molecule has 0 aromatic heterocycles. The van der Waals surface area contributed by atoms with E-state index in [1.807, 2.05) is 12.1 Å². The van der Waals surface area contributed by atoms with Crippen LogP contribution >= 0.6 is 0 Å². The summed E-state index contributed by atoms with van der Waals surface area (Å²) in [5.41, 5.74) is 7.90. The molecule has 0 radical (unpaired) electrons. The number of nitrogens with two attached hydrogens (primary N) is 1. The minimum Gasteiger partial charge on any atom is -0.502 e. The number of nitrogens with one attached hydrogen (secondary N) is 2. The molecule has 1 fully saturated rings. The summed E-state index contributed by atoms with van der Waals surface area (Å²) in [6.07, 6.45) is 3.37. The first-order chi connectivity index (χ1) is 19.5. The molecule has 11 heteroatoms. The first kappa shape index (κ1) is 27.9. The first-order valence-electron chi connectivity index (χ1n) is 13.7. The van der Waals surface area contributed by atoms with Crippen LogP contribution < -0.4 is 35.3 Å². The second-order valence-corrected chi connectivity index (χ2v) is 10.3. The zero-order valence-electron chi connectivity index (χ0n) is 22.9. The number of aromatic hydroxyl groups is 1. The molecule has 4 atom stereocenters. The molecule has 1 aliphatic carbocycles. The van der Waals surface area contributed by atoms with Crippen LogP contribution in [0.4, 0.5) is 0 Å². The molecule has 1 saturated heterocycles. The number of fused-ring (bicyclic) bond motifs is 3. The van der Waals surface area contributed by atoms with Crippen LogP contribution in [0, 0.1) is 11.8 Å². The van der Waals surface area contributed by atoms with Gasteiger partial charge in [-0.2, -0.15) is 0 Å². The highest BCUT2D eigenvalue weighted by atomic mass is 16.7. The van der Waals surface area contributed by atoms with Crippen molar-refractivity contribution in [2.45, 2.75) is 37.6 Å². The second-order valence-electron chi connectivity index (χ2n) is 10.3. The normalized spacial score (nSPS) is 22.3. The highest BCUT2D eigenvalue weighted by Gasteiger charge is 2.53. The van der Waals surface area contributed by atoms with Crippen LogP contribution in [0.1, 0.15) is 54.3 Å². The van der Waals surface area contributed by atoms with Crippen molar-refractivity contribution in [3.63, 3.8) is 0 Å². The highest BCUT2D eigenvalue weighted by Crippen LogP contribution is 2.55. The van der Waals surface area contributed by atoms with Crippen molar-refractivity contribution >= 4 is 11.9 Å². The molecular weight excluding hydrogens is 518 g/mol. The van der Waals surface area contributed by atoms with E-state index in [-0.39, 0.29) is 48.4 Å². The Kier molecular flexibility index (Phi) is 8.51. The van der Waals surface area contributed by atoms with E-state index in [4.69, 9.17) is 29.4 Å². The van der Waals surface area contributed by atoms with Crippen LogP contribution in [0.2, 0.25) is 0 Å². The lowest BCUT2D eigenvalue weighted by molar-refractivity contribution is -0.141. The van der Waals surface area contributed by atoms with Gasteiger partial charge in [-0.3, -0.25) is 9.59 Å². The van der Waals surface area contributed by atoms with E-state index >= 15 is 0 Å². The van der Waals surface area contributed by atoms with Crippen molar-refractivity contribution in [3.8, 4) is 28.7 Å². The third kappa shape index (κ3) is 5.35. The SMILES string of the molecule is COc1cc(C2c3cc4c(cc3[C@@H](NC(=O)CCNCCCCCN)[C@H]3COC(=O)[C@H]23)OCO4)cc(OC)c1O. The molecule has 3 aliphatic rings. The Morgan fingerprint density at radius 1 is 1.00 bits per heavy atom. The summed E-state index contributed by atoms with van der Waals surface area (Å²) in [6.45, 7) is 2.33. The van der Waals surface area contributed by atoms with Crippen LogP contribution in [0.3, 0.4) is 0 Å². The number of amides is 1. The van der Waals surface area contributed by atoms with E-state index in [0.717, 1.165) is 36.9 Å². The van der Waals surface area contributed by atoms with E-state index in [9.17, 15) is 14.7 Å². The number of methoxy groups -OCH3 is 2. The van der Waals surface area contributed by atoms with Crippen molar-refractivity contribution < 1.29 is 38.4 Å². The Morgan fingerprint density at radius 3 is 2.38 bits per heavy atom. The maximum absolute atomic E-state index is 13.2. The first-order valence-corrected chi connectivity index (χ1v) is 13.7. The lowest BCUT2D eigenvalue weighted by Gasteiger charge is -2.39. The summed E-state index contributed by atoms with van der Waals surface area (Å²) in [6, 6.07) is 6.71. The Labute approximate surface area is 233 Å². The predicted octanol–water partition coefficient (Wildman–Crippen LogP) is 2.34. The molecule has 11 nitrogen and oxygen atoms in total. The average Bonchev–Trinajstić information content (AvgIpc) is 3.58. The van der Waals surface area contributed by atoms with E-state index in [1.54, 1.807) is 12.1 Å². The average molecular weight is 556 g/mol. The molecule has 0 spiro atoms. The van der Waals surface area contributed by atoms with E-state index < -0.39 is 17.9 Å². The fourth-order valence-electron chi connectivity index (χ4n) is 5.98. The third-order valence-electron chi connectivity index (χ3n) is 7.95. The van der Waals surface area contributed by atoms with Crippen molar-refractivity contribution in [3.05, 3.63) is 41.0 Å². The summed E-state index contributed by atoms with van der Waals surface area (Å²) >= 11 is 0. The zero-order chi connectivity index (χ0) is 28.2. The molecular formula is C29H37N3O8. The van der Waals surface area contributed by atoms with Gasteiger partial charge >= 0.3 is 5.97 Å².